The number of anilines is 1. The van der Waals surface area contributed by atoms with Crippen molar-refractivity contribution in [3.8, 4) is 0 Å². The largest absolute Gasteiger partial charge is 0.399 e. The second-order valence-electron chi connectivity index (χ2n) is 3.37. The highest BCUT2D eigenvalue weighted by atomic mass is 35.5. The summed E-state index contributed by atoms with van der Waals surface area (Å²) < 4.78 is 2.22. The van der Waals surface area contributed by atoms with Crippen molar-refractivity contribution in [3.05, 3.63) is 30.0 Å². The van der Waals surface area contributed by atoms with Crippen molar-refractivity contribution in [3.63, 3.8) is 0 Å². The molecule has 2 rings (SSSR count). The highest BCUT2D eigenvalue weighted by molar-refractivity contribution is 5.85. The third kappa shape index (κ3) is 1.58. The van der Waals surface area contributed by atoms with Crippen LogP contribution < -0.4 is 5.73 Å². The molecular formula is C11H15ClN2. The Morgan fingerprint density at radius 3 is 2.64 bits per heavy atom. The summed E-state index contributed by atoms with van der Waals surface area (Å²) in [6.07, 6.45) is 1.06. The van der Waals surface area contributed by atoms with Crippen molar-refractivity contribution in [2.75, 3.05) is 5.73 Å². The molecule has 76 valence electrons. The number of nitrogens with zero attached hydrogens (tertiary/aromatic N) is 1. The molecule has 2 aromatic rings. The molecule has 0 amide bonds. The molecule has 1 aromatic heterocycles. The van der Waals surface area contributed by atoms with Gasteiger partial charge in [-0.05, 0) is 30.7 Å². The SMILES string of the molecule is CCc1cc2cc(N)ccc2n1C.Cl. The number of halogens is 1. The topological polar surface area (TPSA) is 30.9 Å². The van der Waals surface area contributed by atoms with Crippen LogP contribution >= 0.6 is 12.4 Å². The van der Waals surface area contributed by atoms with E-state index in [1.807, 2.05) is 12.1 Å². The van der Waals surface area contributed by atoms with E-state index in [0.29, 0.717) is 0 Å². The number of aromatic nitrogens is 1. The molecule has 1 aromatic carbocycles. The summed E-state index contributed by atoms with van der Waals surface area (Å²) in [7, 11) is 2.09. The fraction of sp³-hybridized carbons (Fsp3) is 0.273. The van der Waals surface area contributed by atoms with Crippen molar-refractivity contribution in [2.24, 2.45) is 7.05 Å². The number of nitrogen functional groups attached to an aromatic ring is 1. The van der Waals surface area contributed by atoms with E-state index < -0.39 is 0 Å². The van der Waals surface area contributed by atoms with Crippen LogP contribution in [-0.4, -0.2) is 4.57 Å². The first-order valence-electron chi connectivity index (χ1n) is 4.56. The monoisotopic (exact) mass is 210 g/mol. The van der Waals surface area contributed by atoms with Crippen LogP contribution in [0, 0.1) is 0 Å². The Morgan fingerprint density at radius 1 is 1.29 bits per heavy atom. The molecule has 0 fully saturated rings. The van der Waals surface area contributed by atoms with Gasteiger partial charge in [-0.3, -0.25) is 0 Å². The maximum absolute atomic E-state index is 5.72. The van der Waals surface area contributed by atoms with E-state index in [2.05, 4.69) is 30.7 Å². The highest BCUT2D eigenvalue weighted by Crippen LogP contribution is 2.21. The Kier molecular flexibility index (Phi) is 3.06. The Labute approximate surface area is 90.1 Å². The van der Waals surface area contributed by atoms with Crippen molar-refractivity contribution in [1.82, 2.24) is 4.57 Å². The lowest BCUT2D eigenvalue weighted by molar-refractivity contribution is 0.866. The van der Waals surface area contributed by atoms with Crippen LogP contribution in [0.25, 0.3) is 10.9 Å². The average Bonchev–Trinajstić information content (AvgIpc) is 2.42. The average molecular weight is 211 g/mol. The number of hydrogen-bond donors (Lipinski definition) is 1. The Balaban J connectivity index is 0.000000980. The van der Waals surface area contributed by atoms with Crippen molar-refractivity contribution in [1.29, 1.82) is 0 Å². The van der Waals surface area contributed by atoms with Crippen LogP contribution in [0.15, 0.2) is 24.3 Å². The molecule has 0 unspecified atom stereocenters. The van der Waals surface area contributed by atoms with Crippen molar-refractivity contribution in [2.45, 2.75) is 13.3 Å². The van der Waals surface area contributed by atoms with E-state index in [4.69, 9.17) is 5.73 Å². The summed E-state index contributed by atoms with van der Waals surface area (Å²) in [6, 6.07) is 8.24. The number of benzene rings is 1. The van der Waals surface area contributed by atoms with Gasteiger partial charge in [0.2, 0.25) is 0 Å². The lowest BCUT2D eigenvalue weighted by atomic mass is 10.2. The number of aryl methyl sites for hydroxylation is 2. The first kappa shape index (κ1) is 10.9. The number of rotatable bonds is 1. The Hall–Kier alpha value is -1.15. The van der Waals surface area contributed by atoms with Gasteiger partial charge in [0.25, 0.3) is 0 Å². The summed E-state index contributed by atoms with van der Waals surface area (Å²) >= 11 is 0. The summed E-state index contributed by atoms with van der Waals surface area (Å²) in [6.45, 7) is 2.16. The van der Waals surface area contributed by atoms with Crippen LogP contribution in [-0.2, 0) is 13.5 Å². The van der Waals surface area contributed by atoms with Gasteiger partial charge in [0, 0.05) is 29.3 Å². The summed E-state index contributed by atoms with van der Waals surface area (Å²) in [5.41, 5.74) is 9.15. The number of nitrogens with two attached hydrogens (primary N) is 1. The van der Waals surface area contributed by atoms with Crippen molar-refractivity contribution >= 4 is 29.0 Å². The number of hydrogen-bond acceptors (Lipinski definition) is 1. The predicted octanol–water partition coefficient (Wildman–Crippen LogP) is 2.74. The standard InChI is InChI=1S/C11H14N2.ClH/c1-3-10-7-8-6-9(12)4-5-11(8)13(10)2;/h4-7H,3,12H2,1-2H3;1H. The van der Waals surface area contributed by atoms with E-state index in [1.54, 1.807) is 0 Å². The predicted molar refractivity (Wildman–Crippen MR) is 64.0 cm³/mol. The highest BCUT2D eigenvalue weighted by Gasteiger charge is 2.03. The van der Waals surface area contributed by atoms with E-state index in [9.17, 15) is 0 Å². The quantitative estimate of drug-likeness (QED) is 0.721. The molecule has 0 saturated heterocycles. The normalized spacial score (nSPS) is 10.1. The second kappa shape index (κ2) is 3.93. The van der Waals surface area contributed by atoms with Gasteiger partial charge in [0.05, 0.1) is 0 Å². The van der Waals surface area contributed by atoms with Gasteiger partial charge in [-0.2, -0.15) is 0 Å². The van der Waals surface area contributed by atoms with Crippen LogP contribution in [0.1, 0.15) is 12.6 Å². The molecule has 2 nitrogen and oxygen atoms in total. The Morgan fingerprint density at radius 2 is 2.00 bits per heavy atom. The van der Waals surface area contributed by atoms with Gasteiger partial charge < -0.3 is 10.3 Å². The molecule has 0 aliphatic carbocycles. The van der Waals surface area contributed by atoms with E-state index in [-0.39, 0.29) is 12.4 Å². The van der Waals surface area contributed by atoms with Gasteiger partial charge in [-0.25, -0.2) is 0 Å². The zero-order chi connectivity index (χ0) is 9.42. The number of fused-ring (bicyclic) bond motifs is 1. The molecule has 0 aliphatic heterocycles. The third-order valence-corrected chi connectivity index (χ3v) is 2.53. The second-order valence-corrected chi connectivity index (χ2v) is 3.37. The fourth-order valence-electron chi connectivity index (χ4n) is 1.76. The zero-order valence-corrected chi connectivity index (χ0v) is 9.27. The molecule has 3 heteroatoms. The van der Waals surface area contributed by atoms with Crippen molar-refractivity contribution < 1.29 is 0 Å². The third-order valence-electron chi connectivity index (χ3n) is 2.53. The molecule has 1 heterocycles. The maximum Gasteiger partial charge on any atom is 0.0481 e. The first-order chi connectivity index (χ1) is 6.22. The van der Waals surface area contributed by atoms with Crippen LogP contribution in [0.5, 0.6) is 0 Å². The molecule has 0 radical (unpaired) electrons. The molecule has 0 aliphatic rings. The fourth-order valence-corrected chi connectivity index (χ4v) is 1.76. The molecule has 0 atom stereocenters. The zero-order valence-electron chi connectivity index (χ0n) is 8.45. The minimum absolute atomic E-state index is 0. The maximum atomic E-state index is 5.72. The minimum Gasteiger partial charge on any atom is -0.399 e. The van der Waals surface area contributed by atoms with E-state index in [1.165, 1.54) is 16.6 Å². The smallest absolute Gasteiger partial charge is 0.0481 e. The van der Waals surface area contributed by atoms with Gasteiger partial charge in [-0.15, -0.1) is 12.4 Å². The van der Waals surface area contributed by atoms with Gasteiger partial charge in [0.15, 0.2) is 0 Å². The van der Waals surface area contributed by atoms with Crippen LogP contribution in [0.2, 0.25) is 0 Å². The van der Waals surface area contributed by atoms with Crippen LogP contribution in [0.3, 0.4) is 0 Å². The molecule has 0 spiro atoms. The minimum atomic E-state index is 0. The van der Waals surface area contributed by atoms with Gasteiger partial charge in [-0.1, -0.05) is 6.92 Å². The lowest BCUT2D eigenvalue weighted by Gasteiger charge is -2.00. The Bertz CT molecular complexity index is 446. The molecule has 0 saturated carbocycles. The summed E-state index contributed by atoms with van der Waals surface area (Å²) in [4.78, 5) is 0. The summed E-state index contributed by atoms with van der Waals surface area (Å²) in [5.74, 6) is 0. The van der Waals surface area contributed by atoms with E-state index in [0.717, 1.165) is 12.1 Å². The molecule has 14 heavy (non-hydrogen) atoms. The lowest BCUT2D eigenvalue weighted by Crippen LogP contribution is -1.93. The molecule has 0 bridgehead atoms. The first-order valence-corrected chi connectivity index (χ1v) is 4.56. The summed E-state index contributed by atoms with van der Waals surface area (Å²) in [5, 5.41) is 1.24. The molecule has 2 N–H and O–H groups in total. The van der Waals surface area contributed by atoms with Crippen LogP contribution in [0.4, 0.5) is 5.69 Å². The van der Waals surface area contributed by atoms with E-state index >= 15 is 0 Å². The van der Waals surface area contributed by atoms with Gasteiger partial charge in [0.1, 0.15) is 0 Å². The molecular weight excluding hydrogens is 196 g/mol. The van der Waals surface area contributed by atoms with Gasteiger partial charge >= 0.3 is 0 Å².